The van der Waals surface area contributed by atoms with Gasteiger partial charge in [-0.25, -0.2) is 9.78 Å². The van der Waals surface area contributed by atoms with Crippen molar-refractivity contribution in [1.29, 1.82) is 0 Å². The number of hydrogen-bond donors (Lipinski definition) is 1. The number of nitrogens with one attached hydrogen (secondary N) is 1. The molecule has 0 aliphatic carbocycles. The Balaban J connectivity index is 1.59. The van der Waals surface area contributed by atoms with E-state index in [0.29, 0.717) is 42.7 Å². The maximum absolute atomic E-state index is 12.8. The van der Waals surface area contributed by atoms with Crippen molar-refractivity contribution in [1.82, 2.24) is 19.8 Å². The monoisotopic (exact) mass is 400 g/mol. The Kier molecular flexibility index (Phi) is 5.91. The van der Waals surface area contributed by atoms with Crippen LogP contribution >= 0.6 is 0 Å². The third kappa shape index (κ3) is 5.13. The van der Waals surface area contributed by atoms with Crippen LogP contribution in [0.2, 0.25) is 0 Å². The zero-order chi connectivity index (χ0) is 21.2. The van der Waals surface area contributed by atoms with Crippen molar-refractivity contribution in [3.8, 4) is 0 Å². The summed E-state index contributed by atoms with van der Waals surface area (Å²) in [5.41, 5.74) is -0.136. The number of carbonyl (C=O) groups is 2. The minimum absolute atomic E-state index is 0.00959. The number of likely N-dealkylation sites (tertiary alicyclic amines) is 1. The summed E-state index contributed by atoms with van der Waals surface area (Å²) in [5, 5.41) is 0.528. The number of aromatic nitrogens is 2. The third-order valence-electron chi connectivity index (χ3n) is 4.92. The van der Waals surface area contributed by atoms with Crippen LogP contribution in [0.5, 0.6) is 0 Å². The van der Waals surface area contributed by atoms with Gasteiger partial charge in [0.1, 0.15) is 11.4 Å². The topological polar surface area (TPSA) is 95.6 Å². The van der Waals surface area contributed by atoms with E-state index in [-0.39, 0.29) is 30.0 Å². The summed E-state index contributed by atoms with van der Waals surface area (Å²) in [7, 11) is 1.71. The van der Waals surface area contributed by atoms with Gasteiger partial charge >= 0.3 is 6.09 Å². The van der Waals surface area contributed by atoms with Gasteiger partial charge in [-0.15, -0.1) is 0 Å². The second kappa shape index (κ2) is 8.23. The average Bonchev–Trinajstić information content (AvgIpc) is 2.66. The van der Waals surface area contributed by atoms with E-state index in [1.165, 1.54) is 0 Å². The van der Waals surface area contributed by atoms with Gasteiger partial charge in [-0.1, -0.05) is 12.1 Å². The molecule has 1 aromatic carbocycles. The number of aromatic amines is 1. The van der Waals surface area contributed by atoms with E-state index in [4.69, 9.17) is 4.74 Å². The maximum atomic E-state index is 12.8. The van der Waals surface area contributed by atoms with E-state index >= 15 is 0 Å². The third-order valence-corrected chi connectivity index (χ3v) is 4.92. The zero-order valence-electron chi connectivity index (χ0n) is 17.4. The Hall–Kier alpha value is -2.90. The zero-order valence-corrected chi connectivity index (χ0v) is 17.4. The molecule has 0 unspecified atom stereocenters. The second-order valence-corrected chi connectivity index (χ2v) is 8.47. The first kappa shape index (κ1) is 20.8. The van der Waals surface area contributed by atoms with Gasteiger partial charge in [-0.05, 0) is 45.7 Å². The fourth-order valence-electron chi connectivity index (χ4n) is 3.46. The van der Waals surface area contributed by atoms with E-state index < -0.39 is 5.60 Å². The summed E-state index contributed by atoms with van der Waals surface area (Å²) in [4.78, 5) is 47.6. The van der Waals surface area contributed by atoms with Crippen LogP contribution in [0.4, 0.5) is 4.79 Å². The van der Waals surface area contributed by atoms with Gasteiger partial charge in [0.15, 0.2) is 0 Å². The number of rotatable bonds is 3. The molecule has 0 saturated carbocycles. The van der Waals surface area contributed by atoms with Crippen LogP contribution in [-0.2, 0) is 16.1 Å². The molecule has 0 spiro atoms. The second-order valence-electron chi connectivity index (χ2n) is 8.47. The number of hydrogen-bond acceptors (Lipinski definition) is 5. The number of benzene rings is 1. The van der Waals surface area contributed by atoms with Crippen molar-refractivity contribution in [2.24, 2.45) is 5.92 Å². The molecule has 29 heavy (non-hydrogen) atoms. The normalized spacial score (nSPS) is 15.4. The molecule has 8 nitrogen and oxygen atoms in total. The Morgan fingerprint density at radius 1 is 1.24 bits per heavy atom. The molecule has 1 aromatic heterocycles. The number of carbonyl (C=O) groups excluding carboxylic acids is 2. The average molecular weight is 400 g/mol. The molecule has 0 bridgehead atoms. The molecule has 8 heteroatoms. The molecule has 1 aliphatic heterocycles. The lowest BCUT2D eigenvalue weighted by Crippen LogP contribution is -2.45. The molecule has 2 aromatic rings. The largest absolute Gasteiger partial charge is 0.444 e. The minimum Gasteiger partial charge on any atom is -0.444 e. The number of ether oxygens (including phenoxy) is 1. The van der Waals surface area contributed by atoms with Crippen LogP contribution in [0, 0.1) is 5.92 Å². The highest BCUT2D eigenvalue weighted by molar-refractivity contribution is 5.79. The number of amides is 2. The molecule has 2 amide bonds. The number of piperidine rings is 1. The Labute approximate surface area is 169 Å². The molecule has 1 fully saturated rings. The van der Waals surface area contributed by atoms with E-state index in [0.717, 1.165) is 0 Å². The summed E-state index contributed by atoms with van der Waals surface area (Å²) in [6.45, 7) is 6.71. The van der Waals surface area contributed by atoms with E-state index in [2.05, 4.69) is 9.97 Å². The van der Waals surface area contributed by atoms with Crippen LogP contribution in [-0.4, -0.2) is 57.5 Å². The molecule has 1 N–H and O–H groups in total. The molecule has 1 aliphatic rings. The van der Waals surface area contributed by atoms with Crippen LogP contribution in [0.3, 0.4) is 0 Å². The predicted octanol–water partition coefficient (Wildman–Crippen LogP) is 2.53. The summed E-state index contributed by atoms with van der Waals surface area (Å²) < 4.78 is 5.40. The molecule has 2 heterocycles. The highest BCUT2D eigenvalue weighted by Crippen LogP contribution is 2.22. The first-order chi connectivity index (χ1) is 13.6. The minimum atomic E-state index is -0.534. The van der Waals surface area contributed by atoms with Gasteiger partial charge in [-0.3, -0.25) is 9.59 Å². The van der Waals surface area contributed by atoms with Crippen molar-refractivity contribution < 1.29 is 14.3 Å². The molecular formula is C21H28N4O4. The van der Waals surface area contributed by atoms with Crippen LogP contribution in [0.1, 0.15) is 39.4 Å². The highest BCUT2D eigenvalue weighted by atomic mass is 16.6. The number of H-pyrrole nitrogens is 1. The van der Waals surface area contributed by atoms with Crippen LogP contribution < -0.4 is 5.56 Å². The van der Waals surface area contributed by atoms with Crippen molar-refractivity contribution in [2.75, 3.05) is 20.1 Å². The standard InChI is InChI=1S/C21H28N4O4/c1-21(2,3)29-20(28)25-11-9-14(10-12-25)19(27)24(4)13-17-22-16-8-6-5-7-15(16)18(26)23-17/h5-8,14H,9-13H2,1-4H3,(H,22,23,26). The fourth-order valence-corrected chi connectivity index (χ4v) is 3.46. The summed E-state index contributed by atoms with van der Waals surface area (Å²) in [6.07, 6.45) is 0.837. The first-order valence-corrected chi connectivity index (χ1v) is 9.85. The molecule has 156 valence electrons. The Bertz CT molecular complexity index is 955. The van der Waals surface area contributed by atoms with Crippen molar-refractivity contribution >= 4 is 22.9 Å². The molecule has 0 radical (unpaired) electrons. The quantitative estimate of drug-likeness (QED) is 0.854. The van der Waals surface area contributed by atoms with Gasteiger partial charge < -0.3 is 19.5 Å². The Morgan fingerprint density at radius 2 is 1.90 bits per heavy atom. The smallest absolute Gasteiger partial charge is 0.410 e. The number of fused-ring (bicyclic) bond motifs is 1. The molecule has 0 atom stereocenters. The maximum Gasteiger partial charge on any atom is 0.410 e. The Morgan fingerprint density at radius 3 is 2.55 bits per heavy atom. The summed E-state index contributed by atoms with van der Waals surface area (Å²) in [5.74, 6) is 0.284. The van der Waals surface area contributed by atoms with Gasteiger partial charge in [-0.2, -0.15) is 0 Å². The van der Waals surface area contributed by atoms with Crippen molar-refractivity contribution in [2.45, 2.75) is 45.8 Å². The van der Waals surface area contributed by atoms with Crippen LogP contribution in [0.25, 0.3) is 10.9 Å². The van der Waals surface area contributed by atoms with Gasteiger partial charge in [0.25, 0.3) is 5.56 Å². The predicted molar refractivity (Wildman–Crippen MR) is 109 cm³/mol. The van der Waals surface area contributed by atoms with Gasteiger partial charge in [0, 0.05) is 26.1 Å². The highest BCUT2D eigenvalue weighted by Gasteiger charge is 2.31. The van der Waals surface area contributed by atoms with Gasteiger partial charge in [0.05, 0.1) is 17.4 Å². The number of para-hydroxylation sites is 1. The summed E-state index contributed by atoms with van der Waals surface area (Å²) >= 11 is 0. The van der Waals surface area contributed by atoms with E-state index in [9.17, 15) is 14.4 Å². The van der Waals surface area contributed by atoms with Crippen molar-refractivity contribution in [3.05, 3.63) is 40.4 Å². The van der Waals surface area contributed by atoms with E-state index in [1.807, 2.05) is 26.8 Å². The molecule has 3 rings (SSSR count). The fraction of sp³-hybridized carbons (Fsp3) is 0.524. The number of nitrogens with zero attached hydrogens (tertiary/aromatic N) is 3. The summed E-state index contributed by atoms with van der Waals surface area (Å²) in [6, 6.07) is 7.12. The lowest BCUT2D eigenvalue weighted by molar-refractivity contribution is -0.136. The molecular weight excluding hydrogens is 372 g/mol. The van der Waals surface area contributed by atoms with Gasteiger partial charge in [0.2, 0.25) is 5.91 Å². The first-order valence-electron chi connectivity index (χ1n) is 9.85. The van der Waals surface area contributed by atoms with Crippen LogP contribution in [0.15, 0.2) is 29.1 Å². The molecule has 1 saturated heterocycles. The SMILES string of the molecule is CN(Cc1nc2ccccc2c(=O)[nH]1)C(=O)C1CCN(C(=O)OC(C)(C)C)CC1. The van der Waals surface area contributed by atoms with Crippen molar-refractivity contribution in [3.63, 3.8) is 0 Å². The lowest BCUT2D eigenvalue weighted by atomic mass is 9.95. The van der Waals surface area contributed by atoms with E-state index in [1.54, 1.807) is 35.0 Å². The lowest BCUT2D eigenvalue weighted by Gasteiger charge is -2.34.